The van der Waals surface area contributed by atoms with Crippen LogP contribution in [0.1, 0.15) is 6.42 Å². The maximum Gasteiger partial charge on any atom is 0.269 e. The minimum Gasteiger partial charge on any atom is -0.274 e. The molecule has 1 aliphatic rings. The molecule has 1 aromatic carbocycles. The highest BCUT2D eigenvalue weighted by atomic mass is 35.5. The maximum atomic E-state index is 11.9. The number of carbonyl (C=O) groups is 2. The van der Waals surface area contributed by atoms with E-state index in [4.69, 9.17) is 11.6 Å². The molecule has 1 saturated heterocycles. The van der Waals surface area contributed by atoms with Gasteiger partial charge in [0, 0.05) is 24.4 Å². The van der Waals surface area contributed by atoms with E-state index in [1.165, 1.54) is 24.3 Å². The van der Waals surface area contributed by atoms with E-state index >= 15 is 0 Å². The molecule has 0 radical (unpaired) electrons. The minimum absolute atomic E-state index is 0.0827. The molecule has 2 rings (SSSR count). The highest BCUT2D eigenvalue weighted by molar-refractivity contribution is 6.25. The molecule has 18 heavy (non-hydrogen) atoms. The summed E-state index contributed by atoms with van der Waals surface area (Å²) in [5.41, 5.74) is 0.245. The Bertz CT molecular complexity index is 514. The number of hydrogen-bond acceptors (Lipinski definition) is 4. The fraction of sp³-hybridized carbons (Fsp3) is 0.273. The predicted octanol–water partition coefficient (Wildman–Crippen LogP) is 1.71. The molecule has 1 fully saturated rings. The lowest BCUT2D eigenvalue weighted by Crippen LogP contribution is -2.30. The number of carbonyl (C=O) groups excluding carboxylic acids is 2. The van der Waals surface area contributed by atoms with Crippen molar-refractivity contribution in [1.82, 2.24) is 0 Å². The van der Waals surface area contributed by atoms with Crippen LogP contribution < -0.4 is 4.90 Å². The molecule has 0 aromatic heterocycles. The molecule has 0 saturated carbocycles. The summed E-state index contributed by atoms with van der Waals surface area (Å²) in [6.45, 7) is 0. The number of nitro benzene ring substituents is 1. The SMILES string of the molecule is O=C1CC(CCl)C(=O)N1c1ccc([N+](=O)[O-])cc1. The topological polar surface area (TPSA) is 80.5 Å². The summed E-state index contributed by atoms with van der Waals surface area (Å²) in [7, 11) is 0. The fourth-order valence-corrected chi connectivity index (χ4v) is 2.05. The van der Waals surface area contributed by atoms with E-state index in [0.29, 0.717) is 5.69 Å². The molecule has 1 heterocycles. The van der Waals surface area contributed by atoms with Gasteiger partial charge in [-0.15, -0.1) is 11.6 Å². The molecule has 0 spiro atoms. The van der Waals surface area contributed by atoms with Crippen molar-refractivity contribution in [1.29, 1.82) is 0 Å². The Morgan fingerprint density at radius 1 is 1.33 bits per heavy atom. The smallest absolute Gasteiger partial charge is 0.269 e. The zero-order valence-corrected chi connectivity index (χ0v) is 9.96. The zero-order chi connectivity index (χ0) is 13.3. The Morgan fingerprint density at radius 2 is 1.94 bits per heavy atom. The summed E-state index contributed by atoms with van der Waals surface area (Å²) in [4.78, 5) is 34.5. The second-order valence-corrected chi connectivity index (χ2v) is 4.20. The maximum absolute atomic E-state index is 11.9. The molecule has 1 aliphatic heterocycles. The van der Waals surface area contributed by atoms with Crippen molar-refractivity contribution in [3.63, 3.8) is 0 Å². The van der Waals surface area contributed by atoms with Gasteiger partial charge in [-0.2, -0.15) is 0 Å². The molecule has 2 amide bonds. The van der Waals surface area contributed by atoms with Crippen LogP contribution in [0.2, 0.25) is 0 Å². The van der Waals surface area contributed by atoms with Crippen molar-refractivity contribution in [3.8, 4) is 0 Å². The average Bonchev–Trinajstić information content (AvgIpc) is 2.64. The summed E-state index contributed by atoms with van der Waals surface area (Å²) in [5.74, 6) is -1.11. The van der Waals surface area contributed by atoms with Crippen LogP contribution in [-0.2, 0) is 9.59 Å². The van der Waals surface area contributed by atoms with Crippen molar-refractivity contribution in [2.45, 2.75) is 6.42 Å². The van der Waals surface area contributed by atoms with Crippen LogP contribution in [-0.4, -0.2) is 22.6 Å². The zero-order valence-electron chi connectivity index (χ0n) is 9.21. The van der Waals surface area contributed by atoms with Crippen LogP contribution in [0.4, 0.5) is 11.4 Å². The second-order valence-electron chi connectivity index (χ2n) is 3.90. The van der Waals surface area contributed by atoms with Crippen molar-refractivity contribution < 1.29 is 14.5 Å². The van der Waals surface area contributed by atoms with Gasteiger partial charge in [0.1, 0.15) is 0 Å². The third-order valence-electron chi connectivity index (χ3n) is 2.75. The van der Waals surface area contributed by atoms with Crippen molar-refractivity contribution in [2.24, 2.45) is 5.92 Å². The van der Waals surface area contributed by atoms with E-state index in [1.807, 2.05) is 0 Å². The molecular formula is C11H9ClN2O4. The van der Waals surface area contributed by atoms with E-state index < -0.39 is 10.8 Å². The largest absolute Gasteiger partial charge is 0.274 e. The first-order valence-corrected chi connectivity index (χ1v) is 5.75. The third-order valence-corrected chi connectivity index (χ3v) is 3.12. The highest BCUT2D eigenvalue weighted by Crippen LogP contribution is 2.28. The lowest BCUT2D eigenvalue weighted by atomic mass is 10.1. The van der Waals surface area contributed by atoms with Gasteiger partial charge in [-0.25, -0.2) is 0 Å². The molecule has 1 unspecified atom stereocenters. The van der Waals surface area contributed by atoms with Crippen molar-refractivity contribution in [2.75, 3.05) is 10.8 Å². The van der Waals surface area contributed by atoms with Crippen LogP contribution in [0.5, 0.6) is 0 Å². The van der Waals surface area contributed by atoms with Crippen LogP contribution in [0.25, 0.3) is 0 Å². The molecule has 7 heteroatoms. The van der Waals surface area contributed by atoms with E-state index in [1.54, 1.807) is 0 Å². The Morgan fingerprint density at radius 3 is 2.39 bits per heavy atom. The number of benzene rings is 1. The quantitative estimate of drug-likeness (QED) is 0.362. The first kappa shape index (κ1) is 12.5. The van der Waals surface area contributed by atoms with E-state index in [-0.39, 0.29) is 29.8 Å². The van der Waals surface area contributed by atoms with Gasteiger partial charge in [-0.05, 0) is 12.1 Å². The number of hydrogen-bond donors (Lipinski definition) is 0. The van der Waals surface area contributed by atoms with Crippen LogP contribution in [0, 0.1) is 16.0 Å². The number of nitro groups is 1. The summed E-state index contributed by atoms with van der Waals surface area (Å²) < 4.78 is 0. The lowest BCUT2D eigenvalue weighted by Gasteiger charge is -2.14. The molecule has 0 N–H and O–H groups in total. The third kappa shape index (κ3) is 2.06. The molecule has 0 aliphatic carbocycles. The number of nitrogens with zero attached hydrogens (tertiary/aromatic N) is 2. The average molecular weight is 269 g/mol. The van der Waals surface area contributed by atoms with E-state index in [2.05, 4.69) is 0 Å². The Labute approximate surface area is 107 Å². The van der Waals surface area contributed by atoms with Gasteiger partial charge >= 0.3 is 0 Å². The Balaban J connectivity index is 2.29. The summed E-state index contributed by atoms with van der Waals surface area (Å²) in [6, 6.07) is 5.27. The molecule has 0 bridgehead atoms. The van der Waals surface area contributed by atoms with Crippen LogP contribution in [0.15, 0.2) is 24.3 Å². The molecule has 1 atom stereocenters. The standard InChI is InChI=1S/C11H9ClN2O4/c12-6-7-5-10(15)13(11(7)16)8-1-3-9(4-2-8)14(17)18/h1-4,7H,5-6H2. The number of amides is 2. The van der Waals surface area contributed by atoms with Gasteiger partial charge < -0.3 is 0 Å². The normalized spacial score (nSPS) is 19.4. The van der Waals surface area contributed by atoms with Gasteiger partial charge in [0.15, 0.2) is 0 Å². The molecular weight excluding hydrogens is 260 g/mol. The second kappa shape index (κ2) is 4.73. The van der Waals surface area contributed by atoms with Gasteiger partial charge in [-0.1, -0.05) is 0 Å². The van der Waals surface area contributed by atoms with Gasteiger partial charge in [0.05, 0.1) is 16.5 Å². The minimum atomic E-state index is -0.543. The van der Waals surface area contributed by atoms with E-state index in [0.717, 1.165) is 4.90 Å². The number of alkyl halides is 1. The Kier molecular flexibility index (Phi) is 3.29. The number of halogens is 1. The van der Waals surface area contributed by atoms with Crippen LogP contribution >= 0.6 is 11.6 Å². The van der Waals surface area contributed by atoms with E-state index in [9.17, 15) is 19.7 Å². The summed E-state index contributed by atoms with van der Waals surface area (Å²) in [6.07, 6.45) is 0.0827. The summed E-state index contributed by atoms with van der Waals surface area (Å²) >= 11 is 5.60. The number of non-ortho nitro benzene ring substituents is 1. The van der Waals surface area contributed by atoms with Gasteiger partial charge in [-0.3, -0.25) is 24.6 Å². The van der Waals surface area contributed by atoms with Crippen LogP contribution in [0.3, 0.4) is 0 Å². The molecule has 94 valence electrons. The molecule has 6 nitrogen and oxygen atoms in total. The highest BCUT2D eigenvalue weighted by Gasteiger charge is 2.38. The first-order valence-electron chi connectivity index (χ1n) is 5.22. The number of rotatable bonds is 3. The lowest BCUT2D eigenvalue weighted by molar-refractivity contribution is -0.384. The first-order chi connectivity index (χ1) is 8.54. The number of anilines is 1. The molecule has 1 aromatic rings. The van der Waals surface area contributed by atoms with Crippen molar-refractivity contribution in [3.05, 3.63) is 34.4 Å². The van der Waals surface area contributed by atoms with Crippen molar-refractivity contribution >= 4 is 34.8 Å². The number of imide groups is 1. The summed E-state index contributed by atoms with van der Waals surface area (Å²) in [5, 5.41) is 10.5. The fourth-order valence-electron chi connectivity index (χ4n) is 1.81. The van der Waals surface area contributed by atoms with Gasteiger partial charge in [0.25, 0.3) is 5.69 Å². The van der Waals surface area contributed by atoms with Gasteiger partial charge in [0.2, 0.25) is 11.8 Å². The Hall–Kier alpha value is -1.95. The monoisotopic (exact) mass is 268 g/mol. The predicted molar refractivity (Wildman–Crippen MR) is 64.4 cm³/mol.